The molecule has 6 atom stereocenters. The van der Waals surface area contributed by atoms with Gasteiger partial charge >= 0.3 is 11.9 Å². The highest BCUT2D eigenvalue weighted by atomic mass is 16.5. The van der Waals surface area contributed by atoms with E-state index in [2.05, 4.69) is 19.9 Å². The van der Waals surface area contributed by atoms with Crippen LogP contribution >= 0.6 is 0 Å². The molecule has 178 valence electrons. The second-order valence-corrected chi connectivity index (χ2v) is 10.7. The maximum absolute atomic E-state index is 13.8. The Morgan fingerprint density at radius 3 is 2.39 bits per heavy atom. The number of allylic oxidation sites excluding steroid dienone is 2. The quantitative estimate of drug-likeness (QED) is 0.340. The number of hydrogen-bond acceptors (Lipinski definition) is 5. The van der Waals surface area contributed by atoms with Crippen LogP contribution in [-0.4, -0.2) is 31.9 Å². The average molecular weight is 453 g/mol. The van der Waals surface area contributed by atoms with Crippen LogP contribution in [0.15, 0.2) is 42.0 Å². The van der Waals surface area contributed by atoms with Gasteiger partial charge in [-0.3, -0.25) is 14.4 Å². The molecule has 2 fully saturated rings. The molecule has 0 bridgehead atoms. The molecule has 0 radical (unpaired) electrons. The molecule has 1 aromatic rings. The third-order valence-electron chi connectivity index (χ3n) is 9.20. The molecule has 3 aliphatic rings. The number of Topliss-reactive ketones (excluding diaryl/α,β-unsaturated/α-hetero) is 1. The Kier molecular flexibility index (Phi) is 6.52. The number of methoxy groups -OCH3 is 2. The number of carbonyl (C=O) groups excluding carboxylic acids is 3. The van der Waals surface area contributed by atoms with Crippen LogP contribution in [0.25, 0.3) is 0 Å². The molecule has 0 heterocycles. The van der Waals surface area contributed by atoms with Gasteiger partial charge in [-0.15, -0.1) is 0 Å². The standard InChI is InChI=1S/C28H36O5/c1-27-14-12-19(26(31)33-4)16-20(27)10-11-21-22(27)13-15-28(2,23(21)17-24(29)32-3)25(30)18-8-6-5-7-9-18/h5-10,19,21-23H,11-17H2,1-4H3. The summed E-state index contributed by atoms with van der Waals surface area (Å²) in [5.41, 5.74) is 1.46. The molecule has 4 rings (SSSR count). The fourth-order valence-electron chi connectivity index (χ4n) is 7.19. The summed E-state index contributed by atoms with van der Waals surface area (Å²) < 4.78 is 10.1. The molecule has 6 unspecified atom stereocenters. The van der Waals surface area contributed by atoms with Crippen LogP contribution in [0.1, 0.15) is 69.2 Å². The van der Waals surface area contributed by atoms with E-state index < -0.39 is 5.41 Å². The Morgan fingerprint density at radius 1 is 1.00 bits per heavy atom. The Hall–Kier alpha value is -2.43. The summed E-state index contributed by atoms with van der Waals surface area (Å²) in [6, 6.07) is 9.47. The second kappa shape index (κ2) is 9.08. The highest BCUT2D eigenvalue weighted by Crippen LogP contribution is 2.62. The molecule has 0 aliphatic heterocycles. The van der Waals surface area contributed by atoms with Gasteiger partial charge in [0.15, 0.2) is 5.78 Å². The van der Waals surface area contributed by atoms with Gasteiger partial charge in [0.1, 0.15) is 0 Å². The van der Waals surface area contributed by atoms with E-state index in [1.807, 2.05) is 30.3 Å². The zero-order chi connectivity index (χ0) is 23.8. The zero-order valence-corrected chi connectivity index (χ0v) is 20.3. The number of ether oxygens (including phenoxy) is 2. The van der Waals surface area contributed by atoms with Gasteiger partial charge in [0.05, 0.1) is 20.1 Å². The Balaban J connectivity index is 1.68. The van der Waals surface area contributed by atoms with E-state index in [1.165, 1.54) is 19.8 Å². The first-order valence-electron chi connectivity index (χ1n) is 12.2. The molecule has 3 aliphatic carbocycles. The van der Waals surface area contributed by atoms with Gasteiger partial charge in [-0.25, -0.2) is 0 Å². The van der Waals surface area contributed by atoms with Gasteiger partial charge in [-0.2, -0.15) is 0 Å². The summed E-state index contributed by atoms with van der Waals surface area (Å²) in [4.78, 5) is 38.5. The van der Waals surface area contributed by atoms with Gasteiger partial charge in [0, 0.05) is 17.4 Å². The van der Waals surface area contributed by atoms with E-state index in [1.54, 1.807) is 0 Å². The number of ketones is 1. The molecule has 5 nitrogen and oxygen atoms in total. The minimum atomic E-state index is -0.609. The van der Waals surface area contributed by atoms with Gasteiger partial charge in [-0.05, 0) is 61.7 Å². The van der Waals surface area contributed by atoms with Crippen LogP contribution in [0, 0.1) is 34.5 Å². The lowest BCUT2D eigenvalue weighted by Crippen LogP contribution is -2.53. The summed E-state index contributed by atoms with van der Waals surface area (Å²) in [5.74, 6) is 0.246. The highest BCUT2D eigenvalue weighted by Gasteiger charge is 2.57. The molecule has 0 saturated heterocycles. The van der Waals surface area contributed by atoms with Crippen LogP contribution in [0.2, 0.25) is 0 Å². The van der Waals surface area contributed by atoms with E-state index in [0.29, 0.717) is 11.5 Å². The fourth-order valence-corrected chi connectivity index (χ4v) is 7.19. The molecule has 1 aromatic carbocycles. The first-order valence-corrected chi connectivity index (χ1v) is 12.2. The van der Waals surface area contributed by atoms with Crippen molar-refractivity contribution in [2.24, 2.45) is 34.5 Å². The topological polar surface area (TPSA) is 69.7 Å². The van der Waals surface area contributed by atoms with Crippen LogP contribution < -0.4 is 0 Å². The number of rotatable bonds is 5. The largest absolute Gasteiger partial charge is 0.469 e. The third kappa shape index (κ3) is 4.04. The van der Waals surface area contributed by atoms with Gasteiger partial charge < -0.3 is 9.47 Å². The molecule has 0 amide bonds. The number of fused-ring (bicyclic) bond motifs is 3. The van der Waals surface area contributed by atoms with Crippen molar-refractivity contribution in [2.45, 2.75) is 58.8 Å². The summed E-state index contributed by atoms with van der Waals surface area (Å²) in [7, 11) is 2.89. The number of esters is 2. The van der Waals surface area contributed by atoms with Gasteiger partial charge in [0.2, 0.25) is 0 Å². The SMILES string of the molecule is COC(=O)CC1C2CC=C3CC(C(=O)OC)CCC3(C)C2CCC1(C)C(=O)c1ccccc1. The predicted octanol–water partition coefficient (Wildman–Crippen LogP) is 5.39. The molecule has 0 aromatic heterocycles. The lowest BCUT2D eigenvalue weighted by atomic mass is 9.46. The highest BCUT2D eigenvalue weighted by molar-refractivity contribution is 6.00. The molecule has 0 N–H and O–H groups in total. The lowest BCUT2D eigenvalue weighted by Gasteiger charge is -2.58. The third-order valence-corrected chi connectivity index (χ3v) is 9.20. The molecular weight excluding hydrogens is 416 g/mol. The van der Waals surface area contributed by atoms with Crippen LogP contribution in [0.4, 0.5) is 0 Å². The molecule has 2 saturated carbocycles. The minimum absolute atomic E-state index is 0.00106. The number of benzene rings is 1. The van der Waals surface area contributed by atoms with Crippen LogP contribution in [-0.2, 0) is 19.1 Å². The molecule has 0 spiro atoms. The van der Waals surface area contributed by atoms with Crippen molar-refractivity contribution in [1.82, 2.24) is 0 Å². The van der Waals surface area contributed by atoms with Gasteiger partial charge in [-0.1, -0.05) is 55.8 Å². The van der Waals surface area contributed by atoms with E-state index in [-0.39, 0.29) is 47.3 Å². The molecule has 33 heavy (non-hydrogen) atoms. The van der Waals surface area contributed by atoms with Gasteiger partial charge in [0.25, 0.3) is 0 Å². The van der Waals surface area contributed by atoms with Crippen molar-refractivity contribution in [2.75, 3.05) is 14.2 Å². The summed E-state index contributed by atoms with van der Waals surface area (Å²) in [6.07, 6.45) is 7.63. The minimum Gasteiger partial charge on any atom is -0.469 e. The Bertz CT molecular complexity index is 950. The van der Waals surface area contributed by atoms with Crippen LogP contribution in [0.3, 0.4) is 0 Å². The maximum atomic E-state index is 13.8. The molecular formula is C28H36O5. The summed E-state index contributed by atoms with van der Waals surface area (Å²) in [5, 5.41) is 0. The number of carbonyl (C=O) groups is 3. The van der Waals surface area contributed by atoms with E-state index >= 15 is 0 Å². The van der Waals surface area contributed by atoms with E-state index in [4.69, 9.17) is 9.47 Å². The van der Waals surface area contributed by atoms with Crippen molar-refractivity contribution >= 4 is 17.7 Å². The Morgan fingerprint density at radius 2 is 1.73 bits per heavy atom. The van der Waals surface area contributed by atoms with E-state index in [9.17, 15) is 14.4 Å². The first-order chi connectivity index (χ1) is 15.7. The lowest BCUT2D eigenvalue weighted by molar-refractivity contribution is -0.148. The average Bonchev–Trinajstić information content (AvgIpc) is 2.84. The normalized spacial score (nSPS) is 35.5. The predicted molar refractivity (Wildman–Crippen MR) is 125 cm³/mol. The summed E-state index contributed by atoms with van der Waals surface area (Å²) >= 11 is 0. The van der Waals surface area contributed by atoms with Crippen molar-refractivity contribution in [3.63, 3.8) is 0 Å². The van der Waals surface area contributed by atoms with E-state index in [0.717, 1.165) is 38.5 Å². The maximum Gasteiger partial charge on any atom is 0.308 e. The molecule has 5 heteroatoms. The monoisotopic (exact) mass is 452 g/mol. The zero-order valence-electron chi connectivity index (χ0n) is 20.3. The number of hydrogen-bond donors (Lipinski definition) is 0. The first kappa shape index (κ1) is 23.7. The Labute approximate surface area is 196 Å². The fraction of sp³-hybridized carbons (Fsp3) is 0.607. The smallest absolute Gasteiger partial charge is 0.308 e. The second-order valence-electron chi connectivity index (χ2n) is 10.7. The van der Waals surface area contributed by atoms with Crippen molar-refractivity contribution < 1.29 is 23.9 Å². The van der Waals surface area contributed by atoms with Crippen molar-refractivity contribution in [3.8, 4) is 0 Å². The van der Waals surface area contributed by atoms with Crippen molar-refractivity contribution in [1.29, 1.82) is 0 Å². The summed E-state index contributed by atoms with van der Waals surface area (Å²) in [6.45, 7) is 4.39. The van der Waals surface area contributed by atoms with Crippen LogP contribution in [0.5, 0.6) is 0 Å². The van der Waals surface area contributed by atoms with Crippen molar-refractivity contribution in [3.05, 3.63) is 47.5 Å².